The van der Waals surface area contributed by atoms with Gasteiger partial charge in [-0.15, -0.1) is 0 Å². The van der Waals surface area contributed by atoms with Crippen LogP contribution in [0.15, 0.2) is 24.3 Å². The van der Waals surface area contributed by atoms with Crippen LogP contribution < -0.4 is 10.1 Å². The third kappa shape index (κ3) is 4.88. The molecule has 0 amide bonds. The normalized spacial score (nSPS) is 20.9. The molecule has 22 heavy (non-hydrogen) atoms. The molecule has 1 aliphatic heterocycles. The molecule has 0 spiro atoms. The van der Waals surface area contributed by atoms with Gasteiger partial charge < -0.3 is 15.0 Å². The molecular formula is C16H23F3N2O. The zero-order valence-electron chi connectivity index (χ0n) is 13.0. The summed E-state index contributed by atoms with van der Waals surface area (Å²) in [5.74, 6) is 0.865. The molecule has 6 heteroatoms. The molecule has 0 aliphatic carbocycles. The number of nitrogens with one attached hydrogen (secondary N) is 1. The molecular weight excluding hydrogens is 293 g/mol. The van der Waals surface area contributed by atoms with Gasteiger partial charge in [-0.2, -0.15) is 13.2 Å². The number of halogens is 3. The summed E-state index contributed by atoms with van der Waals surface area (Å²) in [7, 11) is 3.94. The lowest BCUT2D eigenvalue weighted by Crippen LogP contribution is -2.44. The van der Waals surface area contributed by atoms with Gasteiger partial charge in [0.15, 0.2) is 0 Å². The Bertz CT molecular complexity index is 453. The second-order valence-electron chi connectivity index (χ2n) is 6.05. The summed E-state index contributed by atoms with van der Waals surface area (Å²) in [4.78, 5) is 2.04. The predicted molar refractivity (Wildman–Crippen MR) is 80.0 cm³/mol. The molecule has 124 valence electrons. The Morgan fingerprint density at radius 1 is 1.27 bits per heavy atom. The summed E-state index contributed by atoms with van der Waals surface area (Å²) in [6.45, 7) is 2.65. The maximum Gasteiger partial charge on any atom is 0.416 e. The van der Waals surface area contributed by atoms with Crippen molar-refractivity contribution in [1.82, 2.24) is 10.2 Å². The highest BCUT2D eigenvalue weighted by atomic mass is 19.4. The van der Waals surface area contributed by atoms with E-state index in [2.05, 4.69) is 5.32 Å². The minimum absolute atomic E-state index is 0.0282. The Morgan fingerprint density at radius 2 is 1.95 bits per heavy atom. The standard InChI is InChI=1S/C16H23F3N2O/c1-21(2)11-15(12-4-3-9-20-10-12)22-14-7-5-13(6-8-14)16(17,18)19/h5-8,12,15,20H,3-4,9-11H2,1-2H3/t12-,15?/m1/s1. The quantitative estimate of drug-likeness (QED) is 0.904. The van der Waals surface area contributed by atoms with Crippen LogP contribution in [-0.4, -0.2) is 44.7 Å². The molecule has 0 saturated carbocycles. The van der Waals surface area contributed by atoms with Crippen molar-refractivity contribution in [2.24, 2.45) is 5.92 Å². The van der Waals surface area contributed by atoms with Crippen LogP contribution in [0.1, 0.15) is 18.4 Å². The first-order valence-electron chi connectivity index (χ1n) is 7.55. The van der Waals surface area contributed by atoms with E-state index in [9.17, 15) is 13.2 Å². The largest absolute Gasteiger partial charge is 0.489 e. The molecule has 1 fully saturated rings. The van der Waals surface area contributed by atoms with Gasteiger partial charge >= 0.3 is 6.18 Å². The van der Waals surface area contributed by atoms with Gasteiger partial charge in [0.05, 0.1) is 5.56 Å². The zero-order valence-corrected chi connectivity index (χ0v) is 13.0. The molecule has 1 aromatic carbocycles. The van der Waals surface area contributed by atoms with Crippen LogP contribution in [0.3, 0.4) is 0 Å². The van der Waals surface area contributed by atoms with E-state index in [0.29, 0.717) is 11.7 Å². The van der Waals surface area contributed by atoms with Gasteiger partial charge in [0.25, 0.3) is 0 Å². The average molecular weight is 316 g/mol. The molecule has 2 rings (SSSR count). The minimum Gasteiger partial charge on any atom is -0.489 e. The van der Waals surface area contributed by atoms with Gasteiger partial charge in [0.2, 0.25) is 0 Å². The van der Waals surface area contributed by atoms with E-state index in [1.807, 2.05) is 19.0 Å². The fourth-order valence-electron chi connectivity index (χ4n) is 2.74. The van der Waals surface area contributed by atoms with Crippen molar-refractivity contribution in [3.05, 3.63) is 29.8 Å². The maximum atomic E-state index is 12.6. The Kier molecular flexibility index (Phi) is 5.69. The molecule has 1 aliphatic rings. The first kappa shape index (κ1) is 17.1. The number of nitrogens with zero attached hydrogens (tertiary/aromatic N) is 1. The smallest absolute Gasteiger partial charge is 0.416 e. The highest BCUT2D eigenvalue weighted by molar-refractivity contribution is 5.29. The summed E-state index contributed by atoms with van der Waals surface area (Å²) in [6, 6.07) is 4.95. The molecule has 0 radical (unpaired) electrons. The van der Waals surface area contributed by atoms with E-state index in [1.165, 1.54) is 12.1 Å². The Labute approximate surface area is 129 Å². The van der Waals surface area contributed by atoms with Crippen LogP contribution in [0.2, 0.25) is 0 Å². The molecule has 1 unspecified atom stereocenters. The van der Waals surface area contributed by atoms with E-state index in [0.717, 1.165) is 44.6 Å². The summed E-state index contributed by atoms with van der Waals surface area (Å²) in [5, 5.41) is 3.36. The number of benzene rings is 1. The van der Waals surface area contributed by atoms with Crippen LogP contribution >= 0.6 is 0 Å². The van der Waals surface area contributed by atoms with Gasteiger partial charge in [0, 0.05) is 19.0 Å². The molecule has 1 N–H and O–H groups in total. The summed E-state index contributed by atoms with van der Waals surface area (Å²) < 4.78 is 43.8. The molecule has 0 aromatic heterocycles. The van der Waals surface area contributed by atoms with Gasteiger partial charge in [-0.3, -0.25) is 0 Å². The SMILES string of the molecule is CN(C)CC(Oc1ccc(C(F)(F)F)cc1)[C@@H]1CCCNC1. The molecule has 1 aromatic rings. The van der Waals surface area contributed by atoms with Crippen LogP contribution in [0.4, 0.5) is 13.2 Å². The van der Waals surface area contributed by atoms with Crippen molar-refractivity contribution in [3.63, 3.8) is 0 Å². The molecule has 1 saturated heterocycles. The van der Waals surface area contributed by atoms with Gasteiger partial charge in [-0.05, 0) is 57.7 Å². The summed E-state index contributed by atoms with van der Waals surface area (Å²) in [6.07, 6.45) is -2.16. The predicted octanol–water partition coefficient (Wildman–Crippen LogP) is 3.01. The van der Waals surface area contributed by atoms with Crippen molar-refractivity contribution < 1.29 is 17.9 Å². The van der Waals surface area contributed by atoms with Crippen LogP contribution in [0.25, 0.3) is 0 Å². The fourth-order valence-corrected chi connectivity index (χ4v) is 2.74. The van der Waals surface area contributed by atoms with E-state index < -0.39 is 11.7 Å². The Hall–Kier alpha value is -1.27. The number of piperidine rings is 1. The number of ether oxygens (including phenoxy) is 1. The van der Waals surface area contributed by atoms with Crippen molar-refractivity contribution in [2.75, 3.05) is 33.7 Å². The number of hydrogen-bond acceptors (Lipinski definition) is 3. The van der Waals surface area contributed by atoms with E-state index >= 15 is 0 Å². The van der Waals surface area contributed by atoms with Crippen LogP contribution in [-0.2, 0) is 6.18 Å². The monoisotopic (exact) mass is 316 g/mol. The molecule has 2 atom stereocenters. The fraction of sp³-hybridized carbons (Fsp3) is 0.625. The zero-order chi connectivity index (χ0) is 16.2. The molecule has 3 nitrogen and oxygen atoms in total. The Balaban J connectivity index is 2.05. The number of alkyl halides is 3. The van der Waals surface area contributed by atoms with E-state index in [-0.39, 0.29) is 6.10 Å². The second-order valence-corrected chi connectivity index (χ2v) is 6.05. The van der Waals surface area contributed by atoms with Crippen LogP contribution in [0, 0.1) is 5.92 Å². The van der Waals surface area contributed by atoms with Gasteiger partial charge in [-0.1, -0.05) is 0 Å². The highest BCUT2D eigenvalue weighted by Gasteiger charge is 2.30. The van der Waals surface area contributed by atoms with Crippen LogP contribution in [0.5, 0.6) is 5.75 Å². The van der Waals surface area contributed by atoms with Crippen molar-refractivity contribution in [3.8, 4) is 5.75 Å². The third-order valence-electron chi connectivity index (χ3n) is 3.87. The van der Waals surface area contributed by atoms with E-state index in [1.54, 1.807) is 0 Å². The topological polar surface area (TPSA) is 24.5 Å². The maximum absolute atomic E-state index is 12.6. The number of rotatable bonds is 5. The first-order chi connectivity index (χ1) is 10.4. The summed E-state index contributed by atoms with van der Waals surface area (Å²) >= 11 is 0. The Morgan fingerprint density at radius 3 is 2.45 bits per heavy atom. The first-order valence-corrected chi connectivity index (χ1v) is 7.55. The van der Waals surface area contributed by atoms with Crippen molar-refractivity contribution >= 4 is 0 Å². The molecule has 1 heterocycles. The average Bonchev–Trinajstić information content (AvgIpc) is 2.47. The van der Waals surface area contributed by atoms with Crippen molar-refractivity contribution in [1.29, 1.82) is 0 Å². The van der Waals surface area contributed by atoms with Gasteiger partial charge in [0.1, 0.15) is 11.9 Å². The van der Waals surface area contributed by atoms with E-state index in [4.69, 9.17) is 4.74 Å². The number of hydrogen-bond donors (Lipinski definition) is 1. The summed E-state index contributed by atoms with van der Waals surface area (Å²) in [5.41, 5.74) is -0.650. The second kappa shape index (κ2) is 7.33. The highest BCUT2D eigenvalue weighted by Crippen LogP contribution is 2.31. The lowest BCUT2D eigenvalue weighted by Gasteiger charge is -2.33. The lowest BCUT2D eigenvalue weighted by molar-refractivity contribution is -0.137. The van der Waals surface area contributed by atoms with Gasteiger partial charge in [-0.25, -0.2) is 0 Å². The minimum atomic E-state index is -4.31. The molecule has 0 bridgehead atoms. The third-order valence-corrected chi connectivity index (χ3v) is 3.87. The van der Waals surface area contributed by atoms with Crippen molar-refractivity contribution in [2.45, 2.75) is 25.1 Å². The lowest BCUT2D eigenvalue weighted by atomic mass is 9.93. The number of likely N-dealkylation sites (N-methyl/N-ethyl adjacent to an activating group) is 1.